The highest BCUT2D eigenvalue weighted by Crippen LogP contribution is 2.25. The molecule has 13 heavy (non-hydrogen) atoms. The molecule has 1 aromatic carbocycles. The molecular formula is C11H13OSi. The van der Waals surface area contributed by atoms with E-state index in [9.17, 15) is 0 Å². The van der Waals surface area contributed by atoms with Crippen LogP contribution in [0, 0.1) is 0 Å². The fourth-order valence-corrected chi connectivity index (χ4v) is 2.23. The van der Waals surface area contributed by atoms with Crippen molar-refractivity contribution in [3.05, 3.63) is 41.2 Å². The molecule has 1 aliphatic carbocycles. The van der Waals surface area contributed by atoms with Crippen molar-refractivity contribution in [2.75, 3.05) is 0 Å². The van der Waals surface area contributed by atoms with Crippen LogP contribution in [-0.4, -0.2) is 9.04 Å². The van der Waals surface area contributed by atoms with Crippen molar-refractivity contribution >= 4 is 15.1 Å². The van der Waals surface area contributed by atoms with Gasteiger partial charge in [0.2, 0.25) is 0 Å². The van der Waals surface area contributed by atoms with Gasteiger partial charge in [0, 0.05) is 6.42 Å². The number of benzene rings is 1. The Hall–Kier alpha value is -1.02. The zero-order valence-electron chi connectivity index (χ0n) is 8.00. The molecule has 0 atom stereocenters. The van der Waals surface area contributed by atoms with Gasteiger partial charge in [0.15, 0.2) is 0 Å². The zero-order chi connectivity index (χ0) is 9.26. The second kappa shape index (κ2) is 3.38. The van der Waals surface area contributed by atoms with Crippen LogP contribution in [0.4, 0.5) is 0 Å². The van der Waals surface area contributed by atoms with Crippen LogP contribution >= 0.6 is 0 Å². The minimum Gasteiger partial charge on any atom is -0.545 e. The highest BCUT2D eigenvalue weighted by molar-refractivity contribution is 6.48. The van der Waals surface area contributed by atoms with Crippen LogP contribution in [0.5, 0.6) is 0 Å². The predicted octanol–water partition coefficient (Wildman–Crippen LogP) is 2.85. The number of hydrogen-bond acceptors (Lipinski definition) is 1. The third-order valence-electron chi connectivity index (χ3n) is 2.07. The Labute approximate surface area is 80.8 Å². The number of allylic oxidation sites excluding steroid dienone is 1. The lowest BCUT2D eigenvalue weighted by molar-refractivity contribution is 0.436. The Bertz CT molecular complexity index is 342. The highest BCUT2D eigenvalue weighted by Gasteiger charge is 2.13. The summed E-state index contributed by atoms with van der Waals surface area (Å²) in [7, 11) is -0.603. The zero-order valence-corrected chi connectivity index (χ0v) is 9.00. The molecule has 1 radical (unpaired) electrons. The van der Waals surface area contributed by atoms with E-state index in [0.717, 1.165) is 12.2 Å². The van der Waals surface area contributed by atoms with Crippen molar-refractivity contribution in [2.45, 2.75) is 19.5 Å². The Morgan fingerprint density at radius 3 is 2.69 bits per heavy atom. The summed E-state index contributed by atoms with van der Waals surface area (Å²) < 4.78 is 5.76. The smallest absolute Gasteiger partial charge is 0.273 e. The van der Waals surface area contributed by atoms with Crippen LogP contribution in [0.3, 0.4) is 0 Å². The van der Waals surface area contributed by atoms with E-state index in [1.165, 1.54) is 11.1 Å². The number of fused-ring (bicyclic) bond motifs is 1. The van der Waals surface area contributed by atoms with E-state index in [2.05, 4.69) is 43.4 Å². The average Bonchev–Trinajstić information content (AvgIpc) is 2.44. The van der Waals surface area contributed by atoms with Crippen molar-refractivity contribution in [3.63, 3.8) is 0 Å². The summed E-state index contributed by atoms with van der Waals surface area (Å²) in [6.07, 6.45) is 3.14. The number of rotatable bonds is 2. The third kappa shape index (κ3) is 1.83. The maximum atomic E-state index is 5.76. The van der Waals surface area contributed by atoms with Gasteiger partial charge in [-0.25, -0.2) is 0 Å². The van der Waals surface area contributed by atoms with Gasteiger partial charge in [-0.05, 0) is 30.3 Å². The molecule has 67 valence electrons. The lowest BCUT2D eigenvalue weighted by Gasteiger charge is -2.08. The molecule has 0 saturated heterocycles. The second-order valence-electron chi connectivity index (χ2n) is 3.50. The first-order valence-corrected chi connectivity index (χ1v) is 6.93. The molecule has 0 amide bonds. The molecule has 1 nitrogen and oxygen atoms in total. The topological polar surface area (TPSA) is 9.23 Å². The Morgan fingerprint density at radius 1 is 1.23 bits per heavy atom. The molecular weight excluding hydrogens is 176 g/mol. The largest absolute Gasteiger partial charge is 0.545 e. The van der Waals surface area contributed by atoms with Crippen LogP contribution in [0.2, 0.25) is 13.1 Å². The molecule has 0 N–H and O–H groups in total. The summed E-state index contributed by atoms with van der Waals surface area (Å²) >= 11 is 0. The van der Waals surface area contributed by atoms with Gasteiger partial charge in [0.25, 0.3) is 9.04 Å². The molecule has 0 aromatic heterocycles. The van der Waals surface area contributed by atoms with Gasteiger partial charge in [0.05, 0.1) is 5.76 Å². The Morgan fingerprint density at radius 2 is 2.00 bits per heavy atom. The molecule has 0 aliphatic heterocycles. The second-order valence-corrected chi connectivity index (χ2v) is 5.52. The van der Waals surface area contributed by atoms with Crippen molar-refractivity contribution in [3.8, 4) is 0 Å². The molecule has 0 spiro atoms. The van der Waals surface area contributed by atoms with Crippen LogP contribution in [-0.2, 0) is 10.8 Å². The molecule has 2 heteroatoms. The first-order chi connectivity index (χ1) is 6.25. The van der Waals surface area contributed by atoms with Crippen LogP contribution in [0.15, 0.2) is 30.0 Å². The quantitative estimate of drug-likeness (QED) is 0.650. The van der Waals surface area contributed by atoms with Gasteiger partial charge in [-0.3, -0.25) is 0 Å². The van der Waals surface area contributed by atoms with Gasteiger partial charge < -0.3 is 4.43 Å². The van der Waals surface area contributed by atoms with Crippen molar-refractivity contribution in [1.29, 1.82) is 0 Å². The average molecular weight is 189 g/mol. The lowest BCUT2D eigenvalue weighted by Crippen LogP contribution is -2.06. The number of hydrogen-bond donors (Lipinski definition) is 0. The van der Waals surface area contributed by atoms with E-state index >= 15 is 0 Å². The molecule has 0 bridgehead atoms. The normalized spacial score (nSPS) is 14.2. The molecule has 1 aromatic rings. The molecule has 0 unspecified atom stereocenters. The summed E-state index contributed by atoms with van der Waals surface area (Å²) in [5, 5.41) is 0. The van der Waals surface area contributed by atoms with Crippen molar-refractivity contribution < 1.29 is 4.43 Å². The van der Waals surface area contributed by atoms with Gasteiger partial charge in [-0.15, -0.1) is 0 Å². The summed E-state index contributed by atoms with van der Waals surface area (Å²) in [6, 6.07) is 8.46. The van der Waals surface area contributed by atoms with Crippen LogP contribution < -0.4 is 0 Å². The van der Waals surface area contributed by atoms with Gasteiger partial charge in [-0.1, -0.05) is 24.3 Å². The third-order valence-corrected chi connectivity index (χ3v) is 2.74. The van der Waals surface area contributed by atoms with E-state index in [0.29, 0.717) is 0 Å². The lowest BCUT2D eigenvalue weighted by atomic mass is 10.1. The fraction of sp³-hybridized carbons (Fsp3) is 0.273. The Balaban J connectivity index is 2.17. The summed E-state index contributed by atoms with van der Waals surface area (Å²) in [6.45, 7) is 4.32. The van der Waals surface area contributed by atoms with Crippen molar-refractivity contribution in [1.82, 2.24) is 0 Å². The first-order valence-electron chi connectivity index (χ1n) is 4.52. The maximum Gasteiger partial charge on any atom is 0.273 e. The van der Waals surface area contributed by atoms with E-state index in [-0.39, 0.29) is 0 Å². The van der Waals surface area contributed by atoms with Crippen LogP contribution in [0.1, 0.15) is 11.1 Å². The maximum absolute atomic E-state index is 5.76. The minimum atomic E-state index is -0.603. The first kappa shape index (κ1) is 8.57. The van der Waals surface area contributed by atoms with Gasteiger partial charge in [0.1, 0.15) is 0 Å². The highest BCUT2D eigenvalue weighted by atomic mass is 28.3. The van der Waals surface area contributed by atoms with Gasteiger partial charge in [-0.2, -0.15) is 0 Å². The van der Waals surface area contributed by atoms with E-state index in [1.54, 1.807) is 0 Å². The SMILES string of the molecule is C[Si](C)OC1=Cc2ccccc2C1. The fourth-order valence-electron chi connectivity index (χ4n) is 1.58. The molecule has 0 fully saturated rings. The van der Waals surface area contributed by atoms with Crippen molar-refractivity contribution in [2.24, 2.45) is 0 Å². The molecule has 0 saturated carbocycles. The van der Waals surface area contributed by atoms with Gasteiger partial charge >= 0.3 is 0 Å². The standard InChI is InChI=1S/C11H13OSi/c1-13(2)12-11-7-9-5-3-4-6-10(9)8-11/h3-7H,8H2,1-2H3. The predicted molar refractivity (Wildman–Crippen MR) is 56.7 cm³/mol. The van der Waals surface area contributed by atoms with E-state index in [1.807, 2.05) is 0 Å². The van der Waals surface area contributed by atoms with E-state index < -0.39 is 9.04 Å². The summed E-state index contributed by atoms with van der Waals surface area (Å²) in [5.74, 6) is 1.14. The Kier molecular flexibility index (Phi) is 2.23. The molecule has 2 rings (SSSR count). The molecule has 0 heterocycles. The summed E-state index contributed by atoms with van der Waals surface area (Å²) in [5.41, 5.74) is 2.71. The monoisotopic (exact) mass is 189 g/mol. The molecule has 1 aliphatic rings. The van der Waals surface area contributed by atoms with Crippen LogP contribution in [0.25, 0.3) is 6.08 Å². The van der Waals surface area contributed by atoms with E-state index in [4.69, 9.17) is 4.43 Å². The summed E-state index contributed by atoms with van der Waals surface area (Å²) in [4.78, 5) is 0. The minimum absolute atomic E-state index is 0.603.